The molecule has 0 saturated carbocycles. The predicted octanol–water partition coefficient (Wildman–Crippen LogP) is 3.27. The molecule has 2 aromatic rings. The molecule has 0 radical (unpaired) electrons. The van der Waals surface area contributed by atoms with Crippen molar-refractivity contribution in [3.63, 3.8) is 0 Å². The first kappa shape index (κ1) is 10.5. The summed E-state index contributed by atoms with van der Waals surface area (Å²) < 4.78 is 15.9. The number of hydrogen-bond donors (Lipinski definition) is 0. The minimum Gasteiger partial charge on any atom is -0.328 e. The van der Waals surface area contributed by atoms with E-state index in [1.807, 2.05) is 12.3 Å². The van der Waals surface area contributed by atoms with Gasteiger partial charge in [-0.05, 0) is 30.9 Å². The number of halogens is 1. The lowest BCUT2D eigenvalue weighted by Gasteiger charge is -2.21. The monoisotopic (exact) mass is 230 g/mol. The second-order valence-electron chi connectivity index (χ2n) is 4.80. The molecule has 1 aliphatic rings. The molecule has 3 heteroatoms. The molecule has 1 aromatic heterocycles. The molecule has 0 amide bonds. The van der Waals surface area contributed by atoms with Gasteiger partial charge >= 0.3 is 0 Å². The minimum atomic E-state index is -0.195. The van der Waals surface area contributed by atoms with Gasteiger partial charge in [0.05, 0.1) is 5.56 Å². The number of benzene rings is 1. The maximum Gasteiger partial charge on any atom is 0.143 e. The zero-order valence-corrected chi connectivity index (χ0v) is 9.86. The van der Waals surface area contributed by atoms with E-state index < -0.39 is 0 Å². The maximum atomic E-state index is 13.7. The maximum absolute atomic E-state index is 13.7. The first-order valence-corrected chi connectivity index (χ1v) is 6.05. The Morgan fingerprint density at radius 1 is 1.35 bits per heavy atom. The van der Waals surface area contributed by atoms with Crippen molar-refractivity contribution in [2.75, 3.05) is 0 Å². The highest BCUT2D eigenvalue weighted by Gasteiger charge is 2.20. The molecule has 0 aliphatic carbocycles. The van der Waals surface area contributed by atoms with Gasteiger partial charge < -0.3 is 4.57 Å². The second-order valence-corrected chi connectivity index (χ2v) is 4.80. The summed E-state index contributed by atoms with van der Waals surface area (Å²) in [4.78, 5) is 4.39. The van der Waals surface area contributed by atoms with Gasteiger partial charge in [-0.15, -0.1) is 0 Å². The van der Waals surface area contributed by atoms with Gasteiger partial charge in [-0.25, -0.2) is 9.37 Å². The first-order valence-electron chi connectivity index (χ1n) is 6.05. The van der Waals surface area contributed by atoms with E-state index in [1.54, 1.807) is 12.1 Å². The lowest BCUT2D eigenvalue weighted by molar-refractivity contribution is 0.419. The van der Waals surface area contributed by atoms with Crippen molar-refractivity contribution in [3.05, 3.63) is 42.0 Å². The first-order chi connectivity index (χ1) is 8.25. The Bertz CT molecular complexity index is 545. The molecule has 0 spiro atoms. The van der Waals surface area contributed by atoms with Gasteiger partial charge in [-0.1, -0.05) is 19.1 Å². The topological polar surface area (TPSA) is 17.8 Å². The summed E-state index contributed by atoms with van der Waals surface area (Å²) in [6.07, 6.45) is 4.07. The van der Waals surface area contributed by atoms with E-state index >= 15 is 0 Å². The van der Waals surface area contributed by atoms with E-state index in [2.05, 4.69) is 16.5 Å². The third-order valence-corrected chi connectivity index (χ3v) is 3.46. The van der Waals surface area contributed by atoms with Gasteiger partial charge in [-0.2, -0.15) is 0 Å². The van der Waals surface area contributed by atoms with Crippen molar-refractivity contribution < 1.29 is 4.39 Å². The highest BCUT2D eigenvalue weighted by Crippen LogP contribution is 2.28. The number of hydrogen-bond acceptors (Lipinski definition) is 1. The number of imidazole rings is 1. The van der Waals surface area contributed by atoms with Crippen LogP contribution in [0.25, 0.3) is 11.4 Å². The largest absolute Gasteiger partial charge is 0.328 e. The lowest BCUT2D eigenvalue weighted by atomic mass is 9.98. The lowest BCUT2D eigenvalue weighted by Crippen LogP contribution is -2.17. The molecular weight excluding hydrogens is 215 g/mol. The zero-order valence-electron chi connectivity index (χ0n) is 9.86. The fourth-order valence-electron chi connectivity index (χ4n) is 2.49. The molecule has 1 unspecified atom stereocenters. The summed E-state index contributed by atoms with van der Waals surface area (Å²) in [6, 6.07) is 6.85. The Balaban J connectivity index is 2.09. The quantitative estimate of drug-likeness (QED) is 0.735. The van der Waals surface area contributed by atoms with Crippen LogP contribution in [0.2, 0.25) is 0 Å². The molecular formula is C14H15FN2. The molecule has 0 saturated heterocycles. The van der Waals surface area contributed by atoms with Crippen LogP contribution in [0.3, 0.4) is 0 Å². The van der Waals surface area contributed by atoms with Crippen LogP contribution in [0.15, 0.2) is 30.5 Å². The molecule has 0 fully saturated rings. The predicted molar refractivity (Wildman–Crippen MR) is 65.1 cm³/mol. The second kappa shape index (κ2) is 3.99. The van der Waals surface area contributed by atoms with E-state index in [-0.39, 0.29) is 5.82 Å². The average molecular weight is 230 g/mol. The SMILES string of the molecule is CC1CCn2c(cnc2-c2ccccc2F)C1. The van der Waals surface area contributed by atoms with Gasteiger partial charge in [0, 0.05) is 18.4 Å². The third-order valence-electron chi connectivity index (χ3n) is 3.46. The van der Waals surface area contributed by atoms with Crippen molar-refractivity contribution in [2.24, 2.45) is 5.92 Å². The van der Waals surface area contributed by atoms with Crippen molar-refractivity contribution in [1.82, 2.24) is 9.55 Å². The van der Waals surface area contributed by atoms with Crippen molar-refractivity contribution in [3.8, 4) is 11.4 Å². The summed E-state index contributed by atoms with van der Waals surface area (Å²) in [7, 11) is 0. The molecule has 3 rings (SSSR count). The number of aromatic nitrogens is 2. The van der Waals surface area contributed by atoms with Crippen molar-refractivity contribution in [2.45, 2.75) is 26.3 Å². The van der Waals surface area contributed by atoms with Crippen LogP contribution in [-0.2, 0) is 13.0 Å². The van der Waals surface area contributed by atoms with Crippen LogP contribution < -0.4 is 0 Å². The van der Waals surface area contributed by atoms with Gasteiger partial charge in [-0.3, -0.25) is 0 Å². The molecule has 2 nitrogen and oxygen atoms in total. The van der Waals surface area contributed by atoms with Crippen molar-refractivity contribution in [1.29, 1.82) is 0 Å². The van der Waals surface area contributed by atoms with E-state index in [9.17, 15) is 4.39 Å². The minimum absolute atomic E-state index is 0.195. The fraction of sp³-hybridized carbons (Fsp3) is 0.357. The zero-order chi connectivity index (χ0) is 11.8. The molecule has 0 bridgehead atoms. The highest BCUT2D eigenvalue weighted by molar-refractivity contribution is 5.57. The van der Waals surface area contributed by atoms with Crippen LogP contribution in [0, 0.1) is 11.7 Å². The smallest absolute Gasteiger partial charge is 0.143 e. The van der Waals surface area contributed by atoms with Crippen LogP contribution in [-0.4, -0.2) is 9.55 Å². The molecule has 1 atom stereocenters. The Morgan fingerprint density at radius 3 is 3.00 bits per heavy atom. The van der Waals surface area contributed by atoms with E-state index in [0.29, 0.717) is 11.5 Å². The summed E-state index contributed by atoms with van der Waals surface area (Å²) in [6.45, 7) is 3.19. The third kappa shape index (κ3) is 1.75. The van der Waals surface area contributed by atoms with Gasteiger partial charge in [0.15, 0.2) is 0 Å². The summed E-state index contributed by atoms with van der Waals surface area (Å²) in [5.74, 6) is 1.28. The average Bonchev–Trinajstić information content (AvgIpc) is 2.72. The Morgan fingerprint density at radius 2 is 2.18 bits per heavy atom. The number of rotatable bonds is 1. The van der Waals surface area contributed by atoms with Crippen LogP contribution in [0.1, 0.15) is 19.0 Å². The van der Waals surface area contributed by atoms with E-state index in [1.165, 1.54) is 11.8 Å². The molecule has 0 N–H and O–H groups in total. The van der Waals surface area contributed by atoms with Crippen LogP contribution in [0.4, 0.5) is 4.39 Å². The highest BCUT2D eigenvalue weighted by atomic mass is 19.1. The normalized spacial score (nSPS) is 19.1. The van der Waals surface area contributed by atoms with E-state index in [0.717, 1.165) is 25.2 Å². The number of fused-ring (bicyclic) bond motifs is 1. The van der Waals surface area contributed by atoms with Crippen molar-refractivity contribution >= 4 is 0 Å². The molecule has 1 aromatic carbocycles. The number of nitrogens with zero attached hydrogens (tertiary/aromatic N) is 2. The summed E-state index contributed by atoms with van der Waals surface area (Å²) in [5, 5.41) is 0. The summed E-state index contributed by atoms with van der Waals surface area (Å²) in [5.41, 5.74) is 1.83. The molecule has 17 heavy (non-hydrogen) atoms. The summed E-state index contributed by atoms with van der Waals surface area (Å²) >= 11 is 0. The standard InChI is InChI=1S/C14H15FN2/c1-10-6-7-17-11(8-10)9-16-14(17)12-4-2-3-5-13(12)15/h2-5,9-10H,6-8H2,1H3. The Hall–Kier alpha value is -1.64. The Labute approximate surface area is 100 Å². The fourth-order valence-corrected chi connectivity index (χ4v) is 2.49. The Kier molecular flexibility index (Phi) is 2.46. The van der Waals surface area contributed by atoms with Crippen LogP contribution >= 0.6 is 0 Å². The van der Waals surface area contributed by atoms with Gasteiger partial charge in [0.1, 0.15) is 11.6 Å². The molecule has 1 aliphatic heterocycles. The van der Waals surface area contributed by atoms with Gasteiger partial charge in [0.2, 0.25) is 0 Å². The van der Waals surface area contributed by atoms with Crippen LogP contribution in [0.5, 0.6) is 0 Å². The van der Waals surface area contributed by atoms with E-state index in [4.69, 9.17) is 0 Å². The van der Waals surface area contributed by atoms with Gasteiger partial charge in [0.25, 0.3) is 0 Å². The molecule has 2 heterocycles. The molecule has 88 valence electrons.